The topological polar surface area (TPSA) is 12.0 Å². The van der Waals surface area contributed by atoms with Gasteiger partial charge in [0.1, 0.15) is 7.28 Å². The highest BCUT2D eigenvalue weighted by atomic mass is 14.8. The predicted molar refractivity (Wildman–Crippen MR) is 58.0 cm³/mol. The van der Waals surface area contributed by atoms with E-state index in [1.807, 2.05) is 0 Å². The van der Waals surface area contributed by atoms with E-state index in [4.69, 9.17) is 0 Å². The second-order valence-corrected chi connectivity index (χ2v) is 3.46. The van der Waals surface area contributed by atoms with Crippen LogP contribution in [0.25, 0.3) is 0 Å². The van der Waals surface area contributed by atoms with Crippen molar-refractivity contribution in [2.45, 2.75) is 46.3 Å². The molecular weight excluding hydrogens is 145 g/mol. The second-order valence-electron chi connectivity index (χ2n) is 3.46. The van der Waals surface area contributed by atoms with Gasteiger partial charge >= 0.3 is 0 Å². The third kappa shape index (κ3) is 6.72. The minimum absolute atomic E-state index is 0.870. The monoisotopic (exact) mass is 168 g/mol. The first-order valence-electron chi connectivity index (χ1n) is 5.33. The first kappa shape index (κ1) is 12.0. The maximum absolute atomic E-state index is 3.42. The van der Waals surface area contributed by atoms with Crippen LogP contribution in [0, 0.1) is 5.92 Å². The van der Waals surface area contributed by atoms with Crippen LogP contribution in [0.2, 0.25) is 13.1 Å². The molecule has 0 aromatic rings. The van der Waals surface area contributed by atoms with Gasteiger partial charge in [-0.05, 0) is 25.4 Å². The van der Waals surface area contributed by atoms with Crippen LogP contribution in [0.4, 0.5) is 0 Å². The van der Waals surface area contributed by atoms with Crippen molar-refractivity contribution in [1.82, 2.24) is 5.32 Å². The quantitative estimate of drug-likeness (QED) is 0.549. The Morgan fingerprint density at radius 2 is 2.08 bits per heavy atom. The van der Waals surface area contributed by atoms with E-state index in [0.717, 1.165) is 12.5 Å². The van der Waals surface area contributed by atoms with E-state index in [9.17, 15) is 0 Å². The fourth-order valence-corrected chi connectivity index (χ4v) is 1.48. The first-order valence-corrected chi connectivity index (χ1v) is 5.33. The summed E-state index contributed by atoms with van der Waals surface area (Å²) in [6.45, 7) is 8.89. The third-order valence-electron chi connectivity index (χ3n) is 2.22. The molecule has 0 fully saturated rings. The van der Waals surface area contributed by atoms with Crippen LogP contribution in [0.3, 0.4) is 0 Å². The molecule has 1 N–H and O–H groups in total. The summed E-state index contributed by atoms with van der Waals surface area (Å²) in [6, 6.07) is 0. The summed E-state index contributed by atoms with van der Waals surface area (Å²) in [6.07, 6.45) is 5.36. The highest BCUT2D eigenvalue weighted by Crippen LogP contribution is 2.11. The molecule has 0 rings (SSSR count). The molecule has 0 bridgehead atoms. The van der Waals surface area contributed by atoms with Crippen LogP contribution in [-0.2, 0) is 0 Å². The molecule has 1 unspecified atom stereocenters. The summed E-state index contributed by atoms with van der Waals surface area (Å²) >= 11 is 0. The molecule has 0 amide bonds. The Morgan fingerprint density at radius 1 is 1.33 bits per heavy atom. The van der Waals surface area contributed by atoms with Gasteiger partial charge in [0, 0.05) is 0 Å². The molecule has 0 heterocycles. The highest BCUT2D eigenvalue weighted by Gasteiger charge is 2.05. The molecule has 0 saturated heterocycles. The Morgan fingerprint density at radius 3 is 2.58 bits per heavy atom. The van der Waals surface area contributed by atoms with Gasteiger partial charge in [-0.1, -0.05) is 39.8 Å². The van der Waals surface area contributed by atoms with Crippen molar-refractivity contribution in [3.8, 4) is 0 Å². The molecule has 0 aliphatic rings. The summed E-state index contributed by atoms with van der Waals surface area (Å²) in [7, 11) is 2.29. The Hall–Kier alpha value is 0.0249. The van der Waals surface area contributed by atoms with E-state index in [0.29, 0.717) is 0 Å². The van der Waals surface area contributed by atoms with Gasteiger partial charge in [0.15, 0.2) is 0 Å². The summed E-state index contributed by atoms with van der Waals surface area (Å²) in [5.41, 5.74) is 0. The lowest BCUT2D eigenvalue weighted by atomic mass is 9.71. The van der Waals surface area contributed by atoms with Gasteiger partial charge in [-0.3, -0.25) is 0 Å². The van der Waals surface area contributed by atoms with Gasteiger partial charge < -0.3 is 5.32 Å². The van der Waals surface area contributed by atoms with Gasteiger partial charge in [0.05, 0.1) is 0 Å². The molecule has 71 valence electrons. The van der Waals surface area contributed by atoms with E-state index < -0.39 is 0 Å². The van der Waals surface area contributed by atoms with E-state index in [2.05, 4.69) is 33.3 Å². The molecule has 0 aliphatic carbocycles. The lowest BCUT2D eigenvalue weighted by Crippen LogP contribution is -2.23. The maximum Gasteiger partial charge on any atom is 0.106 e. The zero-order valence-corrected chi connectivity index (χ0v) is 8.90. The molecule has 0 aliphatic heterocycles. The van der Waals surface area contributed by atoms with Crippen molar-refractivity contribution in [2.24, 2.45) is 5.92 Å². The highest BCUT2D eigenvalue weighted by molar-refractivity contribution is 6.33. The molecule has 0 aromatic heterocycles. The fourth-order valence-electron chi connectivity index (χ4n) is 1.48. The summed E-state index contributed by atoms with van der Waals surface area (Å²) in [4.78, 5) is 0. The van der Waals surface area contributed by atoms with Gasteiger partial charge in [-0.15, -0.1) is 0 Å². The zero-order valence-electron chi connectivity index (χ0n) is 8.90. The first-order chi connectivity index (χ1) is 5.85. The standard InChI is InChI=1S/C10H23BN/c1-4-6-7-10(8-11-3)9-12-5-2/h10,12H,4-9H2,1-3H3. The molecule has 1 radical (unpaired) electrons. The normalized spacial score (nSPS) is 12.9. The van der Waals surface area contributed by atoms with Crippen LogP contribution < -0.4 is 5.32 Å². The Labute approximate surface area is 78.6 Å². The van der Waals surface area contributed by atoms with Crippen molar-refractivity contribution in [2.75, 3.05) is 13.1 Å². The Kier molecular flexibility index (Phi) is 9.13. The van der Waals surface area contributed by atoms with E-state index in [-0.39, 0.29) is 0 Å². The lowest BCUT2D eigenvalue weighted by Gasteiger charge is -2.15. The minimum atomic E-state index is 0.870. The summed E-state index contributed by atoms with van der Waals surface area (Å²) < 4.78 is 0. The third-order valence-corrected chi connectivity index (χ3v) is 2.22. The van der Waals surface area contributed by atoms with E-state index in [1.54, 1.807) is 0 Å². The minimum Gasteiger partial charge on any atom is -0.317 e. The molecule has 1 atom stereocenters. The van der Waals surface area contributed by atoms with Crippen LogP contribution in [0.1, 0.15) is 33.1 Å². The van der Waals surface area contributed by atoms with Crippen molar-refractivity contribution < 1.29 is 0 Å². The summed E-state index contributed by atoms with van der Waals surface area (Å²) in [5.74, 6) is 0.870. The number of unbranched alkanes of at least 4 members (excludes halogenated alkanes) is 1. The van der Waals surface area contributed by atoms with Gasteiger partial charge in [-0.2, -0.15) is 0 Å². The largest absolute Gasteiger partial charge is 0.317 e. The molecular formula is C10H23BN. The molecule has 12 heavy (non-hydrogen) atoms. The Balaban J connectivity index is 3.40. The lowest BCUT2D eigenvalue weighted by molar-refractivity contribution is 0.469. The molecule has 1 nitrogen and oxygen atoms in total. The van der Waals surface area contributed by atoms with Crippen molar-refractivity contribution in [3.05, 3.63) is 0 Å². The van der Waals surface area contributed by atoms with Crippen molar-refractivity contribution >= 4 is 7.28 Å². The zero-order chi connectivity index (χ0) is 9.23. The van der Waals surface area contributed by atoms with Crippen molar-refractivity contribution in [1.29, 1.82) is 0 Å². The molecule has 0 saturated carbocycles. The van der Waals surface area contributed by atoms with Gasteiger partial charge in [0.2, 0.25) is 0 Å². The van der Waals surface area contributed by atoms with Crippen LogP contribution in [0.5, 0.6) is 0 Å². The predicted octanol–water partition coefficient (Wildman–Crippen LogP) is 2.57. The van der Waals surface area contributed by atoms with Crippen LogP contribution in [-0.4, -0.2) is 20.4 Å². The van der Waals surface area contributed by atoms with Crippen LogP contribution >= 0.6 is 0 Å². The smallest absolute Gasteiger partial charge is 0.106 e. The molecule has 0 aromatic carbocycles. The van der Waals surface area contributed by atoms with E-state index >= 15 is 0 Å². The fraction of sp³-hybridized carbons (Fsp3) is 1.00. The number of hydrogen-bond acceptors (Lipinski definition) is 1. The maximum atomic E-state index is 3.42. The SMILES string of the molecule is C[B]CC(CCCC)CNCC. The van der Waals surface area contributed by atoms with Crippen LogP contribution in [0.15, 0.2) is 0 Å². The number of nitrogens with one attached hydrogen (secondary N) is 1. The molecule has 2 heteroatoms. The Bertz CT molecular complexity index is 77.9. The summed E-state index contributed by atoms with van der Waals surface area (Å²) in [5, 5.41) is 3.42. The second kappa shape index (κ2) is 9.12. The average molecular weight is 168 g/mol. The van der Waals surface area contributed by atoms with E-state index in [1.165, 1.54) is 32.1 Å². The number of hydrogen-bond donors (Lipinski definition) is 1. The molecule has 0 spiro atoms. The van der Waals surface area contributed by atoms with Crippen molar-refractivity contribution in [3.63, 3.8) is 0 Å². The average Bonchev–Trinajstić information content (AvgIpc) is 2.10. The van der Waals surface area contributed by atoms with Gasteiger partial charge in [-0.25, -0.2) is 0 Å². The number of rotatable bonds is 8. The van der Waals surface area contributed by atoms with Gasteiger partial charge in [0.25, 0.3) is 0 Å².